The van der Waals surface area contributed by atoms with Crippen molar-refractivity contribution < 1.29 is 19.1 Å². The minimum Gasteiger partial charge on any atom is -0.358 e. The third-order valence-corrected chi connectivity index (χ3v) is 13.7. The lowest BCUT2D eigenvalue weighted by Gasteiger charge is -2.42. The lowest BCUT2D eigenvalue weighted by Crippen LogP contribution is -2.58. The molecule has 1 aromatic carbocycles. The number of carbonyl (C=O) groups is 2. The summed E-state index contributed by atoms with van der Waals surface area (Å²) in [4.78, 5) is 31.6. The number of para-hydroxylation sites is 1. The molecule has 33 heavy (non-hydrogen) atoms. The first kappa shape index (κ1) is 22.8. The second kappa shape index (κ2) is 8.07. The minimum absolute atomic E-state index is 0.00526. The number of aromatic nitrogens is 1. The van der Waals surface area contributed by atoms with Crippen LogP contribution >= 0.6 is 0 Å². The van der Waals surface area contributed by atoms with E-state index < -0.39 is 14.2 Å². The number of rotatable bonds is 4. The van der Waals surface area contributed by atoms with Crippen LogP contribution in [0.25, 0.3) is 10.9 Å². The van der Waals surface area contributed by atoms with E-state index in [9.17, 15) is 9.59 Å². The smallest absolute Gasteiger partial charge is 0.229 e. The van der Waals surface area contributed by atoms with Crippen molar-refractivity contribution in [1.82, 2.24) is 9.55 Å². The number of ether oxygens (including phenoxy) is 2. The molecular formula is C26H36N2O4Si. The van der Waals surface area contributed by atoms with E-state index in [-0.39, 0.29) is 35.0 Å². The summed E-state index contributed by atoms with van der Waals surface area (Å²) in [6.45, 7) is 11.9. The van der Waals surface area contributed by atoms with Gasteiger partial charge in [0.25, 0.3) is 0 Å². The van der Waals surface area contributed by atoms with Crippen LogP contribution in [0.1, 0.15) is 57.2 Å². The lowest BCUT2D eigenvalue weighted by atomic mass is 9.72. The van der Waals surface area contributed by atoms with E-state index in [1.165, 1.54) is 0 Å². The Morgan fingerprint density at radius 3 is 2.61 bits per heavy atom. The molecule has 2 aliphatic heterocycles. The van der Waals surface area contributed by atoms with Crippen molar-refractivity contribution in [2.24, 2.45) is 11.8 Å². The quantitative estimate of drug-likeness (QED) is 0.509. The molecule has 6 nitrogen and oxygen atoms in total. The van der Waals surface area contributed by atoms with Gasteiger partial charge in [0.2, 0.25) is 11.8 Å². The average Bonchev–Trinajstić information content (AvgIpc) is 3.26. The fourth-order valence-electron chi connectivity index (χ4n) is 5.72. The highest BCUT2D eigenvalue weighted by atomic mass is 28.3. The number of hydrogen-bond donors (Lipinski definition) is 1. The van der Waals surface area contributed by atoms with E-state index in [1.807, 2.05) is 12.1 Å². The summed E-state index contributed by atoms with van der Waals surface area (Å²) in [7, 11) is -2.38. The van der Waals surface area contributed by atoms with Crippen LogP contribution < -0.4 is 0 Å². The number of carbonyl (C=O) groups excluding carboxylic acids is 2. The van der Waals surface area contributed by atoms with Crippen molar-refractivity contribution in [1.29, 1.82) is 0 Å². The predicted molar refractivity (Wildman–Crippen MR) is 130 cm³/mol. The number of imide groups is 1. The van der Waals surface area contributed by atoms with E-state index in [4.69, 9.17) is 9.47 Å². The second-order valence-electron chi connectivity index (χ2n) is 11.5. The average molecular weight is 469 g/mol. The number of benzene rings is 1. The summed E-state index contributed by atoms with van der Waals surface area (Å²) >= 11 is 0. The summed E-state index contributed by atoms with van der Waals surface area (Å²) in [5, 5.41) is 0.951. The van der Waals surface area contributed by atoms with Gasteiger partial charge in [-0.15, -0.1) is 0 Å². The Morgan fingerprint density at radius 1 is 1.15 bits per heavy atom. The molecular weight excluding hydrogens is 432 g/mol. The van der Waals surface area contributed by atoms with Crippen LogP contribution in [0.4, 0.5) is 0 Å². The first-order valence-electron chi connectivity index (χ1n) is 12.3. The zero-order valence-electron chi connectivity index (χ0n) is 20.4. The van der Waals surface area contributed by atoms with E-state index in [2.05, 4.69) is 51.0 Å². The molecule has 4 atom stereocenters. The van der Waals surface area contributed by atoms with Gasteiger partial charge < -0.3 is 19.0 Å². The summed E-state index contributed by atoms with van der Waals surface area (Å²) < 4.78 is 13.7. The number of fused-ring (bicyclic) bond motifs is 5. The van der Waals surface area contributed by atoms with Crippen molar-refractivity contribution in [2.45, 2.75) is 76.8 Å². The van der Waals surface area contributed by atoms with Crippen LogP contribution in [0.3, 0.4) is 0 Å². The van der Waals surface area contributed by atoms with Crippen LogP contribution in [0.15, 0.2) is 24.3 Å². The zero-order chi connectivity index (χ0) is 23.5. The second-order valence-corrected chi connectivity index (χ2v) is 16.5. The molecule has 2 fully saturated rings. The zero-order valence-corrected chi connectivity index (χ0v) is 21.4. The number of amides is 2. The third kappa shape index (κ3) is 3.60. The monoisotopic (exact) mass is 468 g/mol. The molecule has 5 rings (SSSR count). The van der Waals surface area contributed by atoms with Crippen LogP contribution in [0.5, 0.6) is 0 Å². The maximum Gasteiger partial charge on any atom is 0.229 e. The Morgan fingerprint density at radius 2 is 1.91 bits per heavy atom. The number of hydrogen-bond acceptors (Lipinski definition) is 4. The van der Waals surface area contributed by atoms with Gasteiger partial charge in [0.1, 0.15) is 0 Å². The summed E-state index contributed by atoms with van der Waals surface area (Å²) in [5.74, 6) is -0.867. The van der Waals surface area contributed by atoms with Gasteiger partial charge in [0.15, 0.2) is 14.5 Å². The Labute approximate surface area is 197 Å². The third-order valence-electron chi connectivity index (χ3n) is 8.49. The van der Waals surface area contributed by atoms with Gasteiger partial charge in [-0.25, -0.2) is 0 Å². The highest BCUT2D eigenvalue weighted by Crippen LogP contribution is 2.52. The minimum atomic E-state index is -2.38. The van der Waals surface area contributed by atoms with Gasteiger partial charge in [0.05, 0.1) is 18.4 Å². The van der Waals surface area contributed by atoms with E-state index in [1.54, 1.807) is 4.57 Å². The Balaban J connectivity index is 1.56. The highest BCUT2D eigenvalue weighted by molar-refractivity contribution is 6.82. The van der Waals surface area contributed by atoms with E-state index in [0.717, 1.165) is 48.0 Å². The Bertz CT molecular complexity index is 1080. The van der Waals surface area contributed by atoms with Crippen molar-refractivity contribution in [2.75, 3.05) is 13.2 Å². The van der Waals surface area contributed by atoms with Crippen LogP contribution in [0, 0.1) is 11.8 Å². The fourth-order valence-corrected chi connectivity index (χ4v) is 7.78. The molecule has 1 aliphatic carbocycles. The largest absolute Gasteiger partial charge is 0.358 e. The van der Waals surface area contributed by atoms with Crippen molar-refractivity contribution in [3.8, 4) is 0 Å². The first-order valence-corrected chi connectivity index (χ1v) is 15.3. The number of H-pyrrole nitrogens is 1. The SMILES string of the molecule is CC(C)(C)[Si](C)(C)N1C(=O)C2c3c([nH]c4ccccc34)CC(COC3CCCCO3)C2C1=O. The van der Waals surface area contributed by atoms with Gasteiger partial charge in [-0.1, -0.05) is 52.1 Å². The van der Waals surface area contributed by atoms with Crippen molar-refractivity contribution in [3.05, 3.63) is 35.5 Å². The fraction of sp³-hybridized carbons (Fsp3) is 0.615. The Kier molecular flexibility index (Phi) is 5.57. The molecule has 7 heteroatoms. The summed E-state index contributed by atoms with van der Waals surface area (Å²) in [6.07, 6.45) is 3.57. The molecule has 0 radical (unpaired) electrons. The van der Waals surface area contributed by atoms with E-state index in [0.29, 0.717) is 13.0 Å². The molecule has 3 heterocycles. The highest BCUT2D eigenvalue weighted by Gasteiger charge is 2.60. The topological polar surface area (TPSA) is 71.6 Å². The van der Waals surface area contributed by atoms with Gasteiger partial charge in [-0.2, -0.15) is 0 Å². The summed E-state index contributed by atoms with van der Waals surface area (Å²) in [5.41, 5.74) is 3.14. The molecule has 1 aromatic heterocycles. The molecule has 178 valence electrons. The van der Waals surface area contributed by atoms with Crippen LogP contribution in [-0.4, -0.2) is 49.1 Å². The molecule has 2 saturated heterocycles. The Hall–Kier alpha value is -1.96. The van der Waals surface area contributed by atoms with E-state index >= 15 is 0 Å². The normalized spacial score (nSPS) is 28.3. The van der Waals surface area contributed by atoms with Crippen molar-refractivity contribution >= 4 is 31.0 Å². The maximum absolute atomic E-state index is 14.1. The lowest BCUT2D eigenvalue weighted by molar-refractivity contribution is -0.173. The van der Waals surface area contributed by atoms with Gasteiger partial charge in [0, 0.05) is 29.1 Å². The molecule has 0 bridgehead atoms. The van der Waals surface area contributed by atoms with Crippen LogP contribution in [-0.2, 0) is 25.5 Å². The molecule has 0 spiro atoms. The summed E-state index contributed by atoms with van der Waals surface area (Å²) in [6, 6.07) is 8.14. The molecule has 2 aromatic rings. The predicted octanol–water partition coefficient (Wildman–Crippen LogP) is 4.96. The van der Waals surface area contributed by atoms with Gasteiger partial charge >= 0.3 is 0 Å². The first-order chi connectivity index (χ1) is 15.6. The molecule has 4 unspecified atom stereocenters. The molecule has 0 saturated carbocycles. The number of nitrogens with zero attached hydrogens (tertiary/aromatic N) is 1. The van der Waals surface area contributed by atoms with Gasteiger partial charge in [-0.05, 0) is 42.4 Å². The number of nitrogens with one attached hydrogen (secondary N) is 1. The molecule has 1 N–H and O–H groups in total. The van der Waals surface area contributed by atoms with Gasteiger partial charge in [-0.3, -0.25) is 9.59 Å². The van der Waals surface area contributed by atoms with Crippen molar-refractivity contribution in [3.63, 3.8) is 0 Å². The molecule has 3 aliphatic rings. The maximum atomic E-state index is 14.1. The van der Waals surface area contributed by atoms with Crippen LogP contribution in [0.2, 0.25) is 18.1 Å². The molecule has 2 amide bonds. The standard InChI is InChI=1S/C26H36N2O4Si/c1-26(2,3)33(4,5)28-24(29)21-16(15-32-20-12-8-9-13-31-20)14-19-22(23(21)25(28)30)17-10-6-7-11-18(17)27-19/h6-7,10-11,16,20-21,23,27H,8-9,12-15H2,1-5H3. The number of aromatic amines is 1.